The Balaban J connectivity index is 2.96. The van der Waals surface area contributed by atoms with Gasteiger partial charge in [-0.1, -0.05) is 114 Å². The van der Waals surface area contributed by atoms with Crippen LogP contribution in [0.3, 0.4) is 0 Å². The van der Waals surface area contributed by atoms with Gasteiger partial charge in [0.1, 0.15) is 0 Å². The molecule has 0 bridgehead atoms. The number of benzene rings is 1. The highest BCUT2D eigenvalue weighted by molar-refractivity contribution is 6.61. The topological polar surface area (TPSA) is 0 Å². The minimum atomic E-state index is 0.110. The summed E-state index contributed by atoms with van der Waals surface area (Å²) in [4.78, 5) is 0. The SMILES string of the molecule is C=C/C(Bc1ccc(C(C)(C)C)cc1)=C\C=C(/C=C)C(C)(C)C. The van der Waals surface area contributed by atoms with Gasteiger partial charge in [-0.3, -0.25) is 0 Å². The van der Waals surface area contributed by atoms with Crippen LogP contribution in [-0.4, -0.2) is 7.28 Å². The van der Waals surface area contributed by atoms with E-state index in [0.29, 0.717) is 0 Å². The molecule has 0 amide bonds. The molecular weight excluding hydrogens is 275 g/mol. The van der Waals surface area contributed by atoms with Crippen molar-refractivity contribution < 1.29 is 0 Å². The summed E-state index contributed by atoms with van der Waals surface area (Å²) in [5.74, 6) is 0. The zero-order valence-corrected chi connectivity index (χ0v) is 15.7. The molecule has 0 saturated heterocycles. The Hall–Kier alpha value is -1.76. The monoisotopic (exact) mass is 306 g/mol. The first-order valence-corrected chi connectivity index (χ1v) is 8.33. The molecule has 23 heavy (non-hydrogen) atoms. The van der Waals surface area contributed by atoms with Crippen molar-refractivity contribution >= 4 is 12.7 Å². The first-order valence-electron chi connectivity index (χ1n) is 8.33. The van der Waals surface area contributed by atoms with E-state index < -0.39 is 0 Å². The zero-order valence-electron chi connectivity index (χ0n) is 15.7. The quantitative estimate of drug-likeness (QED) is 0.513. The second-order valence-corrected chi connectivity index (χ2v) is 8.15. The van der Waals surface area contributed by atoms with Crippen LogP contribution in [0.15, 0.2) is 72.8 Å². The van der Waals surface area contributed by atoms with Crippen LogP contribution in [0.1, 0.15) is 47.1 Å². The fourth-order valence-electron chi connectivity index (χ4n) is 2.38. The Morgan fingerprint density at radius 1 is 0.870 bits per heavy atom. The maximum Gasteiger partial charge on any atom is 0.192 e. The predicted molar refractivity (Wildman–Crippen MR) is 108 cm³/mol. The molecule has 0 radical (unpaired) electrons. The van der Waals surface area contributed by atoms with E-state index in [-0.39, 0.29) is 10.8 Å². The van der Waals surface area contributed by atoms with Gasteiger partial charge in [0, 0.05) is 0 Å². The van der Waals surface area contributed by atoms with E-state index in [4.69, 9.17) is 0 Å². The summed E-state index contributed by atoms with van der Waals surface area (Å²) < 4.78 is 0. The van der Waals surface area contributed by atoms with Crippen LogP contribution in [0.2, 0.25) is 0 Å². The highest BCUT2D eigenvalue weighted by Gasteiger charge is 2.14. The van der Waals surface area contributed by atoms with Crippen molar-refractivity contribution in [2.45, 2.75) is 47.0 Å². The second-order valence-electron chi connectivity index (χ2n) is 8.15. The lowest BCUT2D eigenvalue weighted by Gasteiger charge is -2.19. The molecule has 1 aromatic rings. The summed E-state index contributed by atoms with van der Waals surface area (Å²) in [6.45, 7) is 21.2. The van der Waals surface area contributed by atoms with Gasteiger partial charge >= 0.3 is 0 Å². The molecule has 0 spiro atoms. The highest BCUT2D eigenvalue weighted by Crippen LogP contribution is 2.26. The van der Waals surface area contributed by atoms with Gasteiger partial charge in [-0.15, -0.1) is 0 Å². The van der Waals surface area contributed by atoms with Crippen molar-refractivity contribution in [1.29, 1.82) is 0 Å². The number of hydrogen-bond donors (Lipinski definition) is 0. The molecule has 0 aliphatic rings. The normalized spacial score (nSPS) is 13.7. The summed E-state index contributed by atoms with van der Waals surface area (Å²) in [6.07, 6.45) is 8.20. The van der Waals surface area contributed by atoms with Gasteiger partial charge in [-0.05, 0) is 22.0 Å². The zero-order chi connectivity index (χ0) is 17.7. The van der Waals surface area contributed by atoms with Crippen LogP contribution in [0.5, 0.6) is 0 Å². The van der Waals surface area contributed by atoms with Gasteiger partial charge < -0.3 is 0 Å². The van der Waals surface area contributed by atoms with Crippen molar-refractivity contribution in [1.82, 2.24) is 0 Å². The number of allylic oxidation sites excluding steroid dienone is 6. The van der Waals surface area contributed by atoms with Crippen molar-refractivity contribution in [3.05, 3.63) is 78.3 Å². The van der Waals surface area contributed by atoms with Crippen LogP contribution < -0.4 is 5.46 Å². The number of hydrogen-bond acceptors (Lipinski definition) is 0. The molecule has 122 valence electrons. The minimum Gasteiger partial charge on any atom is -0.0996 e. The van der Waals surface area contributed by atoms with Gasteiger partial charge in [-0.25, -0.2) is 0 Å². The molecule has 0 fully saturated rings. The van der Waals surface area contributed by atoms with Crippen LogP contribution in [0.25, 0.3) is 0 Å². The van der Waals surface area contributed by atoms with E-state index in [9.17, 15) is 0 Å². The molecule has 0 atom stereocenters. The molecule has 0 aliphatic carbocycles. The summed E-state index contributed by atoms with van der Waals surface area (Å²) in [7, 11) is 0.902. The molecule has 0 saturated carbocycles. The molecule has 0 heterocycles. The van der Waals surface area contributed by atoms with Crippen LogP contribution in [0.4, 0.5) is 0 Å². The van der Waals surface area contributed by atoms with Crippen LogP contribution in [-0.2, 0) is 5.41 Å². The van der Waals surface area contributed by atoms with E-state index in [0.717, 1.165) is 7.28 Å². The van der Waals surface area contributed by atoms with Crippen molar-refractivity contribution in [2.75, 3.05) is 0 Å². The predicted octanol–water partition coefficient (Wildman–Crippen LogP) is 5.27. The molecule has 0 unspecified atom stereocenters. The molecule has 0 aliphatic heterocycles. The third-order valence-electron chi connectivity index (χ3n) is 4.05. The van der Waals surface area contributed by atoms with Crippen molar-refractivity contribution in [3.63, 3.8) is 0 Å². The third-order valence-corrected chi connectivity index (χ3v) is 4.05. The van der Waals surface area contributed by atoms with Crippen molar-refractivity contribution in [2.24, 2.45) is 5.41 Å². The standard InChI is InChI=1S/C22H31B/c1-9-17(21(3,4)5)11-14-19(10-2)23-20-15-12-18(13-16-20)22(6,7)8/h9-16,23H,1-2H2,3-8H3/b17-11+,19-14+. The fourth-order valence-corrected chi connectivity index (χ4v) is 2.38. The van der Waals surface area contributed by atoms with Crippen molar-refractivity contribution in [3.8, 4) is 0 Å². The average molecular weight is 306 g/mol. The molecule has 0 N–H and O–H groups in total. The largest absolute Gasteiger partial charge is 0.192 e. The summed E-state index contributed by atoms with van der Waals surface area (Å²) >= 11 is 0. The van der Waals surface area contributed by atoms with Gasteiger partial charge in [0.2, 0.25) is 0 Å². The maximum atomic E-state index is 3.96. The Bertz CT molecular complexity index is 599. The average Bonchev–Trinajstić information content (AvgIpc) is 2.44. The van der Waals surface area contributed by atoms with E-state index in [1.165, 1.54) is 22.1 Å². The Labute approximate surface area is 143 Å². The minimum absolute atomic E-state index is 0.110. The molecular formula is C22H31B. The second kappa shape index (κ2) is 7.68. The molecule has 1 aromatic carbocycles. The van der Waals surface area contributed by atoms with E-state index in [2.05, 4.69) is 91.1 Å². The first kappa shape index (κ1) is 19.3. The third kappa shape index (κ3) is 6.10. The Morgan fingerprint density at radius 3 is 1.83 bits per heavy atom. The number of rotatable bonds is 5. The summed E-state index contributed by atoms with van der Waals surface area (Å²) in [5.41, 5.74) is 5.44. The van der Waals surface area contributed by atoms with Gasteiger partial charge in [0.25, 0.3) is 0 Å². The lowest BCUT2D eigenvalue weighted by molar-refractivity contribution is 0.517. The van der Waals surface area contributed by atoms with Crippen LogP contribution >= 0.6 is 0 Å². The first-order chi connectivity index (χ1) is 10.6. The smallest absolute Gasteiger partial charge is 0.0996 e. The lowest BCUT2D eigenvalue weighted by Crippen LogP contribution is -2.18. The fraction of sp³-hybridized carbons (Fsp3) is 0.364. The molecule has 0 nitrogen and oxygen atoms in total. The summed E-state index contributed by atoms with van der Waals surface area (Å²) in [5, 5.41) is 0. The van der Waals surface area contributed by atoms with E-state index >= 15 is 0 Å². The Morgan fingerprint density at radius 2 is 1.43 bits per heavy atom. The lowest BCUT2D eigenvalue weighted by atomic mass is 9.62. The molecule has 0 aromatic heterocycles. The highest BCUT2D eigenvalue weighted by atomic mass is 14.2. The van der Waals surface area contributed by atoms with Crippen LogP contribution in [0, 0.1) is 5.41 Å². The summed E-state index contributed by atoms with van der Waals surface area (Å²) in [6, 6.07) is 8.91. The van der Waals surface area contributed by atoms with Gasteiger partial charge in [0.05, 0.1) is 0 Å². The van der Waals surface area contributed by atoms with Gasteiger partial charge in [0.15, 0.2) is 7.28 Å². The molecule has 1 heteroatoms. The van der Waals surface area contributed by atoms with E-state index in [1.807, 2.05) is 12.2 Å². The Kier molecular flexibility index (Phi) is 6.44. The molecule has 1 rings (SSSR count). The van der Waals surface area contributed by atoms with Gasteiger partial charge in [-0.2, -0.15) is 0 Å². The maximum absolute atomic E-state index is 3.96. The van der Waals surface area contributed by atoms with E-state index in [1.54, 1.807) is 0 Å².